The number of hydrogen-bond donors (Lipinski definition) is 0. The fraction of sp³-hybridized carbons (Fsp3) is 0.588. The lowest BCUT2D eigenvalue weighted by Gasteiger charge is -2.26. The number of benzene rings is 1. The SMILES string of the molecule is Cn1c(=O)oc2ccc(S(=O)(=O)N3CCCN(C4CCOC4)CC3)cc21. The Balaban J connectivity index is 1.58. The molecule has 0 N–H and O–H groups in total. The lowest BCUT2D eigenvalue weighted by Crippen LogP contribution is -2.39. The maximum Gasteiger partial charge on any atom is 0.419 e. The smallest absolute Gasteiger partial charge is 0.408 e. The van der Waals surface area contributed by atoms with Gasteiger partial charge in [-0.1, -0.05) is 0 Å². The highest BCUT2D eigenvalue weighted by atomic mass is 32.2. The molecule has 2 aromatic rings. The van der Waals surface area contributed by atoms with Crippen LogP contribution in [0.2, 0.25) is 0 Å². The summed E-state index contributed by atoms with van der Waals surface area (Å²) < 4.78 is 39.6. The van der Waals surface area contributed by atoms with Crippen LogP contribution in [0.5, 0.6) is 0 Å². The number of fused-ring (bicyclic) bond motifs is 1. The molecular formula is C17H23N3O5S. The third-order valence-corrected chi connectivity index (χ3v) is 7.21. The van der Waals surface area contributed by atoms with E-state index in [-0.39, 0.29) is 4.90 Å². The molecule has 1 aromatic heterocycles. The van der Waals surface area contributed by atoms with E-state index in [0.717, 1.165) is 32.6 Å². The first-order valence-corrected chi connectivity index (χ1v) is 10.3. The van der Waals surface area contributed by atoms with Gasteiger partial charge in [0, 0.05) is 39.3 Å². The highest BCUT2D eigenvalue weighted by Crippen LogP contribution is 2.23. The van der Waals surface area contributed by atoms with Crippen molar-refractivity contribution in [3.05, 3.63) is 28.7 Å². The molecule has 0 saturated carbocycles. The van der Waals surface area contributed by atoms with Crippen LogP contribution in [0.3, 0.4) is 0 Å². The van der Waals surface area contributed by atoms with Gasteiger partial charge >= 0.3 is 5.76 Å². The van der Waals surface area contributed by atoms with Crippen LogP contribution < -0.4 is 5.76 Å². The molecule has 26 heavy (non-hydrogen) atoms. The van der Waals surface area contributed by atoms with Gasteiger partial charge < -0.3 is 9.15 Å². The van der Waals surface area contributed by atoms with E-state index in [1.165, 1.54) is 16.7 Å². The first kappa shape index (κ1) is 17.7. The molecule has 1 unspecified atom stereocenters. The Morgan fingerprint density at radius 3 is 2.77 bits per heavy atom. The second-order valence-electron chi connectivity index (χ2n) is 6.87. The number of rotatable bonds is 3. The fourth-order valence-corrected chi connectivity index (χ4v) is 5.24. The van der Waals surface area contributed by atoms with Gasteiger partial charge in [-0.15, -0.1) is 0 Å². The first-order chi connectivity index (χ1) is 12.5. The van der Waals surface area contributed by atoms with Crippen LogP contribution in [-0.2, 0) is 21.8 Å². The molecule has 0 amide bonds. The van der Waals surface area contributed by atoms with E-state index in [4.69, 9.17) is 9.15 Å². The quantitative estimate of drug-likeness (QED) is 0.775. The molecule has 0 aliphatic carbocycles. The molecule has 0 spiro atoms. The fourth-order valence-electron chi connectivity index (χ4n) is 3.75. The number of sulfonamides is 1. The van der Waals surface area contributed by atoms with Crippen molar-refractivity contribution in [3.8, 4) is 0 Å². The monoisotopic (exact) mass is 381 g/mol. The summed E-state index contributed by atoms with van der Waals surface area (Å²) in [6.45, 7) is 4.06. The molecule has 1 atom stereocenters. The lowest BCUT2D eigenvalue weighted by atomic mass is 10.2. The molecule has 4 rings (SSSR count). The topological polar surface area (TPSA) is 85.0 Å². The minimum atomic E-state index is -3.61. The first-order valence-electron chi connectivity index (χ1n) is 8.88. The zero-order valence-corrected chi connectivity index (χ0v) is 15.6. The summed E-state index contributed by atoms with van der Waals surface area (Å²) in [5, 5.41) is 0. The van der Waals surface area contributed by atoms with Crippen molar-refractivity contribution in [1.29, 1.82) is 0 Å². The summed E-state index contributed by atoms with van der Waals surface area (Å²) >= 11 is 0. The summed E-state index contributed by atoms with van der Waals surface area (Å²) in [7, 11) is -2.05. The summed E-state index contributed by atoms with van der Waals surface area (Å²) in [4.78, 5) is 14.2. The molecule has 2 aliphatic heterocycles. The number of aromatic nitrogens is 1. The summed E-state index contributed by atoms with van der Waals surface area (Å²) in [6, 6.07) is 4.97. The van der Waals surface area contributed by atoms with Crippen LogP contribution in [0.4, 0.5) is 0 Å². The van der Waals surface area contributed by atoms with E-state index in [2.05, 4.69) is 4.90 Å². The predicted octanol–water partition coefficient (Wildman–Crippen LogP) is 0.617. The lowest BCUT2D eigenvalue weighted by molar-refractivity contribution is 0.147. The van der Waals surface area contributed by atoms with Gasteiger partial charge in [-0.25, -0.2) is 13.2 Å². The van der Waals surface area contributed by atoms with Gasteiger partial charge in [0.25, 0.3) is 0 Å². The standard InChI is InChI=1S/C17H23N3O5S/c1-18-15-11-14(3-4-16(15)25-17(18)21)26(22,23)20-7-2-6-19(8-9-20)13-5-10-24-12-13/h3-4,11,13H,2,5-10,12H2,1H3. The van der Waals surface area contributed by atoms with E-state index in [9.17, 15) is 13.2 Å². The predicted molar refractivity (Wildman–Crippen MR) is 95.6 cm³/mol. The maximum absolute atomic E-state index is 13.1. The number of hydrogen-bond acceptors (Lipinski definition) is 6. The van der Waals surface area contributed by atoms with Crippen molar-refractivity contribution in [2.24, 2.45) is 7.05 Å². The Morgan fingerprint density at radius 2 is 2.00 bits per heavy atom. The van der Waals surface area contributed by atoms with Crippen LogP contribution in [0, 0.1) is 0 Å². The van der Waals surface area contributed by atoms with Crippen molar-refractivity contribution < 1.29 is 17.6 Å². The van der Waals surface area contributed by atoms with Gasteiger partial charge in [0.2, 0.25) is 10.0 Å². The van der Waals surface area contributed by atoms with E-state index in [1.807, 2.05) is 0 Å². The molecule has 1 aromatic carbocycles. The Labute approximate surface area is 152 Å². The molecule has 9 heteroatoms. The molecule has 8 nitrogen and oxygen atoms in total. The maximum atomic E-state index is 13.1. The zero-order valence-electron chi connectivity index (χ0n) is 14.8. The zero-order chi connectivity index (χ0) is 18.3. The average molecular weight is 381 g/mol. The molecule has 0 bridgehead atoms. The van der Waals surface area contributed by atoms with E-state index in [0.29, 0.717) is 36.8 Å². The Kier molecular flexibility index (Phi) is 4.64. The minimum absolute atomic E-state index is 0.194. The van der Waals surface area contributed by atoms with Crippen LogP contribution in [0.1, 0.15) is 12.8 Å². The number of ether oxygens (including phenoxy) is 1. The van der Waals surface area contributed by atoms with Crippen molar-refractivity contribution in [3.63, 3.8) is 0 Å². The summed E-state index contributed by atoms with van der Waals surface area (Å²) in [6.07, 6.45) is 1.81. The molecule has 2 aliphatic rings. The molecule has 2 fully saturated rings. The highest BCUT2D eigenvalue weighted by molar-refractivity contribution is 7.89. The van der Waals surface area contributed by atoms with E-state index >= 15 is 0 Å². The highest BCUT2D eigenvalue weighted by Gasteiger charge is 2.30. The minimum Gasteiger partial charge on any atom is -0.408 e. The largest absolute Gasteiger partial charge is 0.419 e. The van der Waals surface area contributed by atoms with E-state index in [1.54, 1.807) is 17.4 Å². The molecular weight excluding hydrogens is 358 g/mol. The van der Waals surface area contributed by atoms with Crippen molar-refractivity contribution in [2.75, 3.05) is 39.4 Å². The normalized spacial score (nSPS) is 23.5. The van der Waals surface area contributed by atoms with Gasteiger partial charge in [-0.2, -0.15) is 4.31 Å². The van der Waals surface area contributed by atoms with Crippen molar-refractivity contribution in [1.82, 2.24) is 13.8 Å². The summed E-state index contributed by atoms with van der Waals surface area (Å²) in [5.41, 5.74) is 0.871. The summed E-state index contributed by atoms with van der Waals surface area (Å²) in [5.74, 6) is -0.501. The van der Waals surface area contributed by atoms with Crippen LogP contribution >= 0.6 is 0 Å². The Hall–Kier alpha value is -1.68. The number of nitrogens with zero attached hydrogens (tertiary/aromatic N) is 3. The second kappa shape index (κ2) is 6.80. The Morgan fingerprint density at radius 1 is 1.15 bits per heavy atom. The van der Waals surface area contributed by atoms with Crippen LogP contribution in [0.25, 0.3) is 11.1 Å². The molecule has 142 valence electrons. The van der Waals surface area contributed by atoms with Crippen LogP contribution in [0.15, 0.2) is 32.3 Å². The van der Waals surface area contributed by atoms with E-state index < -0.39 is 15.8 Å². The van der Waals surface area contributed by atoms with Crippen LogP contribution in [-0.4, -0.2) is 67.6 Å². The second-order valence-corrected chi connectivity index (χ2v) is 8.81. The van der Waals surface area contributed by atoms with Gasteiger partial charge in [0.15, 0.2) is 5.58 Å². The molecule has 2 saturated heterocycles. The third-order valence-electron chi connectivity index (χ3n) is 5.31. The number of oxazole rings is 1. The molecule has 0 radical (unpaired) electrons. The third kappa shape index (κ3) is 3.09. The Bertz CT molecular complexity index is 958. The van der Waals surface area contributed by atoms with Gasteiger partial charge in [-0.3, -0.25) is 9.47 Å². The average Bonchev–Trinajstić information content (AvgIpc) is 3.16. The van der Waals surface area contributed by atoms with Crippen molar-refractivity contribution >= 4 is 21.1 Å². The molecule has 3 heterocycles. The number of aryl methyl sites for hydroxylation is 1. The van der Waals surface area contributed by atoms with Crippen molar-refractivity contribution in [2.45, 2.75) is 23.8 Å². The van der Waals surface area contributed by atoms with Gasteiger partial charge in [-0.05, 0) is 37.6 Å². The van der Waals surface area contributed by atoms with Gasteiger partial charge in [0.1, 0.15) is 0 Å². The van der Waals surface area contributed by atoms with Gasteiger partial charge in [0.05, 0.1) is 17.0 Å².